The smallest absolute Gasteiger partial charge is 0.255 e. The predicted octanol–water partition coefficient (Wildman–Crippen LogP) is 5.70. The van der Waals surface area contributed by atoms with E-state index in [4.69, 9.17) is 31.5 Å². The first-order chi connectivity index (χ1) is 20.8. The Morgan fingerprint density at radius 3 is 1.93 bits per heavy atom. The fourth-order valence-electron chi connectivity index (χ4n) is 5.94. The number of ether oxygens (including phenoxy) is 3. The van der Waals surface area contributed by atoms with E-state index in [9.17, 15) is 14.4 Å². The molecule has 4 aromatic carbocycles. The number of carbonyl (C=O) groups excluding carboxylic acids is 3. The van der Waals surface area contributed by atoms with Gasteiger partial charge in [0.2, 0.25) is 5.91 Å². The van der Waals surface area contributed by atoms with Gasteiger partial charge in [-0.05, 0) is 53.6 Å². The van der Waals surface area contributed by atoms with Gasteiger partial charge < -0.3 is 24.8 Å². The summed E-state index contributed by atoms with van der Waals surface area (Å²) >= 11 is 6.22. The van der Waals surface area contributed by atoms with Gasteiger partial charge in [-0.3, -0.25) is 14.4 Å². The summed E-state index contributed by atoms with van der Waals surface area (Å²) in [7, 11) is 4.53. The van der Waals surface area contributed by atoms with Gasteiger partial charge in [-0.25, -0.2) is 0 Å². The van der Waals surface area contributed by atoms with E-state index in [-0.39, 0.29) is 11.3 Å². The normalized spacial score (nSPS) is 19.5. The summed E-state index contributed by atoms with van der Waals surface area (Å²) in [6.07, 6.45) is 0. The lowest BCUT2D eigenvalue weighted by Crippen LogP contribution is -2.46. The average molecular weight is 599 g/mol. The van der Waals surface area contributed by atoms with Crippen molar-refractivity contribution in [1.82, 2.24) is 4.90 Å². The van der Waals surface area contributed by atoms with Gasteiger partial charge in [0.05, 0.1) is 33.3 Å². The van der Waals surface area contributed by atoms with Crippen molar-refractivity contribution in [3.63, 3.8) is 0 Å². The molecule has 0 radical (unpaired) electrons. The van der Waals surface area contributed by atoms with Crippen LogP contribution in [-0.4, -0.2) is 49.9 Å². The number of primary amides is 1. The van der Waals surface area contributed by atoms with Crippen LogP contribution in [0.2, 0.25) is 5.02 Å². The van der Waals surface area contributed by atoms with Crippen LogP contribution in [0.1, 0.15) is 43.8 Å². The van der Waals surface area contributed by atoms with Gasteiger partial charge in [0.15, 0.2) is 17.3 Å². The first kappa shape index (κ1) is 29.7. The van der Waals surface area contributed by atoms with Crippen LogP contribution in [0, 0.1) is 5.92 Å². The number of amides is 2. The SMILES string of the molecule is COc1ccc(C2C(C(=O)c3ccccc3)C(c3ccc(Cl)cc3)C(C(N)=O)N2C(=O)c2ccc(OC)c(OC)c2)cc1. The lowest BCUT2D eigenvalue weighted by molar-refractivity contribution is -0.122. The molecule has 9 heteroatoms. The molecule has 2 N–H and O–H groups in total. The zero-order valence-corrected chi connectivity index (χ0v) is 24.7. The zero-order chi connectivity index (χ0) is 30.7. The van der Waals surface area contributed by atoms with E-state index < -0.39 is 35.7 Å². The molecule has 0 aromatic heterocycles. The summed E-state index contributed by atoms with van der Waals surface area (Å²) in [4.78, 5) is 43.9. The summed E-state index contributed by atoms with van der Waals surface area (Å²) in [6, 6.07) is 25.6. The quantitative estimate of drug-likeness (QED) is 0.248. The number of nitrogens with zero attached hydrogens (tertiary/aromatic N) is 1. The van der Waals surface area contributed by atoms with E-state index in [2.05, 4.69) is 0 Å². The summed E-state index contributed by atoms with van der Waals surface area (Å²) in [5.74, 6) is -1.73. The fraction of sp³-hybridized carbons (Fsp3) is 0.206. The number of methoxy groups -OCH3 is 3. The Hall–Kier alpha value is -4.82. The Kier molecular flexibility index (Phi) is 8.68. The molecule has 2 amide bonds. The summed E-state index contributed by atoms with van der Waals surface area (Å²) in [5, 5.41) is 0.494. The Morgan fingerprint density at radius 1 is 0.721 bits per heavy atom. The van der Waals surface area contributed by atoms with Crippen molar-refractivity contribution in [3.05, 3.63) is 124 Å². The van der Waals surface area contributed by atoms with E-state index in [0.717, 1.165) is 0 Å². The summed E-state index contributed by atoms with van der Waals surface area (Å²) in [6.45, 7) is 0. The third-order valence-corrected chi connectivity index (χ3v) is 8.15. The number of likely N-dealkylation sites (tertiary alicyclic amines) is 1. The number of nitrogens with two attached hydrogens (primary N) is 1. The monoisotopic (exact) mass is 598 g/mol. The molecule has 5 rings (SSSR count). The fourth-order valence-corrected chi connectivity index (χ4v) is 6.07. The van der Waals surface area contributed by atoms with Crippen LogP contribution in [0.5, 0.6) is 17.2 Å². The van der Waals surface area contributed by atoms with Crippen molar-refractivity contribution in [1.29, 1.82) is 0 Å². The molecule has 0 spiro atoms. The molecule has 1 fully saturated rings. The van der Waals surface area contributed by atoms with Crippen LogP contribution < -0.4 is 19.9 Å². The molecular weight excluding hydrogens is 568 g/mol. The minimum Gasteiger partial charge on any atom is -0.497 e. The van der Waals surface area contributed by atoms with Gasteiger partial charge >= 0.3 is 0 Å². The van der Waals surface area contributed by atoms with Crippen LogP contribution in [0.3, 0.4) is 0 Å². The largest absolute Gasteiger partial charge is 0.497 e. The van der Waals surface area contributed by atoms with Crippen molar-refractivity contribution >= 4 is 29.2 Å². The van der Waals surface area contributed by atoms with Crippen molar-refractivity contribution in [3.8, 4) is 17.2 Å². The minimum atomic E-state index is -1.17. The van der Waals surface area contributed by atoms with Crippen LogP contribution in [-0.2, 0) is 4.79 Å². The Labute approximate surface area is 254 Å². The molecule has 43 heavy (non-hydrogen) atoms. The van der Waals surface area contributed by atoms with Gasteiger partial charge in [0.25, 0.3) is 5.91 Å². The standard InChI is InChI=1S/C34H31ClN2O6/c1-41-25-16-11-21(12-17-25)30-29(32(38)22-7-5-4-6-8-22)28(20-9-14-24(35)15-10-20)31(33(36)39)37(30)34(40)23-13-18-26(42-2)27(19-23)43-3/h4-19,28-31H,1-3H3,(H2,36,39). The summed E-state index contributed by atoms with van der Waals surface area (Å²) < 4.78 is 16.2. The lowest BCUT2D eigenvalue weighted by Gasteiger charge is -2.31. The second kappa shape index (κ2) is 12.6. The number of benzene rings is 4. The van der Waals surface area contributed by atoms with Crippen LogP contribution in [0.25, 0.3) is 0 Å². The average Bonchev–Trinajstić information content (AvgIpc) is 3.41. The minimum absolute atomic E-state index is 0.227. The maximum Gasteiger partial charge on any atom is 0.255 e. The number of ketones is 1. The van der Waals surface area contributed by atoms with E-state index in [1.54, 1.807) is 98.1 Å². The molecule has 0 saturated carbocycles. The molecule has 4 unspecified atom stereocenters. The highest BCUT2D eigenvalue weighted by atomic mass is 35.5. The lowest BCUT2D eigenvalue weighted by atomic mass is 9.76. The molecule has 220 valence electrons. The molecule has 8 nitrogen and oxygen atoms in total. The molecule has 1 aliphatic rings. The Morgan fingerprint density at radius 2 is 1.35 bits per heavy atom. The van der Waals surface area contributed by atoms with Crippen molar-refractivity contribution in [2.24, 2.45) is 11.7 Å². The molecular formula is C34H31ClN2O6. The maximum atomic E-state index is 14.5. The molecule has 4 aromatic rings. The highest BCUT2D eigenvalue weighted by Gasteiger charge is 2.57. The first-order valence-corrected chi connectivity index (χ1v) is 14.0. The first-order valence-electron chi connectivity index (χ1n) is 13.6. The number of hydrogen-bond acceptors (Lipinski definition) is 6. The third kappa shape index (κ3) is 5.66. The molecule has 1 heterocycles. The van der Waals surface area contributed by atoms with Gasteiger partial charge in [-0.2, -0.15) is 0 Å². The van der Waals surface area contributed by atoms with E-state index in [0.29, 0.717) is 39.0 Å². The van der Waals surface area contributed by atoms with Crippen molar-refractivity contribution < 1.29 is 28.6 Å². The maximum absolute atomic E-state index is 14.5. The van der Waals surface area contributed by atoms with Crippen molar-refractivity contribution in [2.45, 2.75) is 18.0 Å². The number of carbonyl (C=O) groups is 3. The van der Waals surface area contributed by atoms with E-state index in [1.165, 1.54) is 19.1 Å². The highest BCUT2D eigenvalue weighted by Crippen LogP contribution is 2.52. The predicted molar refractivity (Wildman–Crippen MR) is 163 cm³/mol. The van der Waals surface area contributed by atoms with Gasteiger partial charge in [-0.1, -0.05) is 66.2 Å². The molecule has 0 aliphatic carbocycles. The molecule has 1 saturated heterocycles. The Bertz CT molecular complexity index is 1630. The second-order valence-electron chi connectivity index (χ2n) is 10.2. The van der Waals surface area contributed by atoms with Crippen LogP contribution >= 0.6 is 11.6 Å². The number of halogens is 1. The summed E-state index contributed by atoms with van der Waals surface area (Å²) in [5.41, 5.74) is 8.11. The third-order valence-electron chi connectivity index (χ3n) is 7.90. The van der Waals surface area contributed by atoms with Gasteiger partial charge in [0, 0.05) is 22.1 Å². The molecule has 4 atom stereocenters. The zero-order valence-electron chi connectivity index (χ0n) is 23.9. The number of rotatable bonds is 9. The second-order valence-corrected chi connectivity index (χ2v) is 10.6. The van der Waals surface area contributed by atoms with E-state index in [1.807, 2.05) is 6.07 Å². The van der Waals surface area contributed by atoms with E-state index >= 15 is 0 Å². The molecule has 1 aliphatic heterocycles. The number of hydrogen-bond donors (Lipinski definition) is 1. The topological polar surface area (TPSA) is 108 Å². The van der Waals surface area contributed by atoms with Crippen molar-refractivity contribution in [2.75, 3.05) is 21.3 Å². The van der Waals surface area contributed by atoms with Gasteiger partial charge in [0.1, 0.15) is 11.8 Å². The highest BCUT2D eigenvalue weighted by molar-refractivity contribution is 6.30. The number of Topliss-reactive ketones (excluding diaryl/α,β-unsaturated/α-hetero) is 1. The van der Waals surface area contributed by atoms with Crippen LogP contribution in [0.15, 0.2) is 97.1 Å². The molecule has 0 bridgehead atoms. The Balaban J connectivity index is 1.77. The van der Waals surface area contributed by atoms with Crippen LogP contribution in [0.4, 0.5) is 0 Å². The van der Waals surface area contributed by atoms with Gasteiger partial charge in [-0.15, -0.1) is 0 Å².